The van der Waals surface area contributed by atoms with E-state index in [0.29, 0.717) is 0 Å². The summed E-state index contributed by atoms with van der Waals surface area (Å²) < 4.78 is 0. The van der Waals surface area contributed by atoms with E-state index in [1.54, 1.807) is 0 Å². The third kappa shape index (κ3) is 3.16. The van der Waals surface area contributed by atoms with Crippen LogP contribution in [0.15, 0.2) is 35.5 Å². The number of hydrogen-bond acceptors (Lipinski definition) is 0. The van der Waals surface area contributed by atoms with E-state index in [-0.39, 0.29) is 0 Å². The van der Waals surface area contributed by atoms with E-state index >= 15 is 0 Å². The van der Waals surface area contributed by atoms with Gasteiger partial charge in [-0.05, 0) is 63.2 Å². The molecule has 0 aromatic heterocycles. The van der Waals surface area contributed by atoms with Crippen LogP contribution in [0.3, 0.4) is 0 Å². The lowest BCUT2D eigenvalue weighted by Crippen LogP contribution is -2.14. The molecule has 2 rings (SSSR count). The van der Waals surface area contributed by atoms with Gasteiger partial charge in [0.1, 0.15) is 0 Å². The zero-order chi connectivity index (χ0) is 12.8. The lowest BCUT2D eigenvalue weighted by molar-refractivity contribution is 0.486. The Balaban J connectivity index is 2.20. The second-order valence-electron chi connectivity index (χ2n) is 5.72. The van der Waals surface area contributed by atoms with Crippen LogP contribution < -0.4 is 0 Å². The Morgan fingerprint density at radius 1 is 0.778 bits per heavy atom. The van der Waals surface area contributed by atoms with Crippen LogP contribution in [0, 0.1) is 11.8 Å². The minimum Gasteiger partial charge on any atom is -0.0885 e. The first-order valence-corrected chi connectivity index (χ1v) is 7.88. The summed E-state index contributed by atoms with van der Waals surface area (Å²) in [6.45, 7) is 4.73. The number of allylic oxidation sites excluding steroid dienone is 6. The molecule has 2 aliphatic rings. The molecule has 2 aliphatic carbocycles. The average molecular weight is 244 g/mol. The van der Waals surface area contributed by atoms with Gasteiger partial charge in [0.25, 0.3) is 0 Å². The molecule has 0 fully saturated rings. The fraction of sp³-hybridized carbons (Fsp3) is 0.667. The predicted octanol–water partition coefficient (Wildman–Crippen LogP) is 5.82. The maximum absolute atomic E-state index is 2.40. The van der Waals surface area contributed by atoms with Gasteiger partial charge in [0.15, 0.2) is 0 Å². The highest BCUT2D eigenvalue weighted by Crippen LogP contribution is 2.37. The zero-order valence-electron chi connectivity index (χ0n) is 12.1. The summed E-state index contributed by atoms with van der Waals surface area (Å²) in [7, 11) is 0. The lowest BCUT2D eigenvalue weighted by atomic mass is 9.76. The molecule has 0 bridgehead atoms. The Morgan fingerprint density at radius 2 is 1.22 bits per heavy atom. The Bertz CT molecular complexity index is 309. The summed E-state index contributed by atoms with van der Waals surface area (Å²) >= 11 is 0. The summed E-state index contributed by atoms with van der Waals surface area (Å²) in [5, 5.41) is 0. The van der Waals surface area contributed by atoms with E-state index < -0.39 is 0 Å². The topological polar surface area (TPSA) is 0 Å². The minimum absolute atomic E-state index is 0.848. The lowest BCUT2D eigenvalue weighted by Gasteiger charge is -2.29. The van der Waals surface area contributed by atoms with Gasteiger partial charge in [0.05, 0.1) is 0 Å². The molecule has 0 amide bonds. The third-order valence-electron chi connectivity index (χ3n) is 4.70. The van der Waals surface area contributed by atoms with Gasteiger partial charge >= 0.3 is 0 Å². The molecule has 18 heavy (non-hydrogen) atoms. The molecule has 0 aliphatic heterocycles. The second-order valence-corrected chi connectivity index (χ2v) is 5.72. The van der Waals surface area contributed by atoms with Gasteiger partial charge in [0.2, 0.25) is 0 Å². The zero-order valence-corrected chi connectivity index (χ0v) is 12.1. The molecule has 0 nitrogen and oxygen atoms in total. The van der Waals surface area contributed by atoms with Crippen molar-refractivity contribution in [1.29, 1.82) is 0 Å². The standard InChI is InChI=1S/C18H28/c1-3-17(15-11-7-5-8-12-15)18(4-2)16-13-9-6-10-14-16/h5-7,9,15-16H,3-4,8,10-14H2,1-2H3. The van der Waals surface area contributed by atoms with Crippen LogP contribution in [0.5, 0.6) is 0 Å². The van der Waals surface area contributed by atoms with Gasteiger partial charge in [-0.3, -0.25) is 0 Å². The van der Waals surface area contributed by atoms with Crippen molar-refractivity contribution in [1.82, 2.24) is 0 Å². The van der Waals surface area contributed by atoms with Crippen molar-refractivity contribution in [2.75, 3.05) is 0 Å². The Kier molecular flexibility index (Phi) is 5.28. The molecular weight excluding hydrogens is 216 g/mol. The predicted molar refractivity (Wildman–Crippen MR) is 80.6 cm³/mol. The van der Waals surface area contributed by atoms with Crippen LogP contribution in [-0.2, 0) is 0 Å². The number of hydrogen-bond donors (Lipinski definition) is 0. The van der Waals surface area contributed by atoms with Crippen molar-refractivity contribution in [2.24, 2.45) is 11.8 Å². The van der Waals surface area contributed by atoms with Gasteiger partial charge < -0.3 is 0 Å². The summed E-state index contributed by atoms with van der Waals surface area (Å²) in [5.41, 5.74) is 3.62. The van der Waals surface area contributed by atoms with Crippen molar-refractivity contribution in [2.45, 2.75) is 65.2 Å². The van der Waals surface area contributed by atoms with Gasteiger partial charge in [0, 0.05) is 0 Å². The summed E-state index contributed by atoms with van der Waals surface area (Å²) in [6.07, 6.45) is 20.0. The Morgan fingerprint density at radius 3 is 1.50 bits per heavy atom. The van der Waals surface area contributed by atoms with Crippen LogP contribution in [0.2, 0.25) is 0 Å². The van der Waals surface area contributed by atoms with Gasteiger partial charge in [-0.2, -0.15) is 0 Å². The van der Waals surface area contributed by atoms with Gasteiger partial charge in [-0.15, -0.1) is 0 Å². The number of rotatable bonds is 4. The van der Waals surface area contributed by atoms with Crippen molar-refractivity contribution >= 4 is 0 Å². The quantitative estimate of drug-likeness (QED) is 0.547. The van der Waals surface area contributed by atoms with Crippen LogP contribution >= 0.6 is 0 Å². The molecular formula is C18H28. The largest absolute Gasteiger partial charge is 0.0885 e. The Labute approximate surface area is 113 Å². The highest BCUT2D eigenvalue weighted by Gasteiger charge is 2.22. The molecule has 0 saturated carbocycles. The van der Waals surface area contributed by atoms with E-state index in [4.69, 9.17) is 0 Å². The molecule has 0 N–H and O–H groups in total. The van der Waals surface area contributed by atoms with Crippen LogP contribution in [0.25, 0.3) is 0 Å². The average Bonchev–Trinajstić information content (AvgIpc) is 2.46. The molecule has 0 spiro atoms. The van der Waals surface area contributed by atoms with E-state index in [0.717, 1.165) is 11.8 Å². The normalized spacial score (nSPS) is 29.2. The van der Waals surface area contributed by atoms with Crippen molar-refractivity contribution in [3.63, 3.8) is 0 Å². The summed E-state index contributed by atoms with van der Waals surface area (Å²) in [4.78, 5) is 0. The highest BCUT2D eigenvalue weighted by molar-refractivity contribution is 5.23. The van der Waals surface area contributed by atoms with Gasteiger partial charge in [-0.25, -0.2) is 0 Å². The van der Waals surface area contributed by atoms with Crippen LogP contribution in [0.4, 0.5) is 0 Å². The van der Waals surface area contributed by atoms with Crippen molar-refractivity contribution in [3.05, 3.63) is 35.5 Å². The van der Waals surface area contributed by atoms with Gasteiger partial charge in [-0.1, -0.05) is 49.3 Å². The van der Waals surface area contributed by atoms with Crippen molar-refractivity contribution < 1.29 is 0 Å². The van der Waals surface area contributed by atoms with E-state index in [1.807, 2.05) is 11.1 Å². The molecule has 0 heterocycles. The molecule has 100 valence electrons. The highest BCUT2D eigenvalue weighted by atomic mass is 14.3. The Hall–Kier alpha value is -0.780. The summed E-state index contributed by atoms with van der Waals surface area (Å²) in [6, 6.07) is 0. The van der Waals surface area contributed by atoms with E-state index in [9.17, 15) is 0 Å². The van der Waals surface area contributed by atoms with E-state index in [1.165, 1.54) is 51.4 Å². The maximum atomic E-state index is 2.40. The maximum Gasteiger partial charge on any atom is -0.0163 e. The van der Waals surface area contributed by atoms with Crippen LogP contribution in [0.1, 0.15) is 65.2 Å². The smallest absolute Gasteiger partial charge is 0.0163 e. The van der Waals surface area contributed by atoms with Crippen molar-refractivity contribution in [3.8, 4) is 0 Å². The molecule has 0 radical (unpaired) electrons. The molecule has 0 saturated heterocycles. The first kappa shape index (κ1) is 13.6. The monoisotopic (exact) mass is 244 g/mol. The molecule has 0 heteroatoms. The summed E-state index contributed by atoms with van der Waals surface area (Å²) in [5.74, 6) is 1.70. The fourth-order valence-electron chi connectivity index (χ4n) is 3.78. The first-order valence-electron chi connectivity index (χ1n) is 7.88. The second kappa shape index (κ2) is 6.97. The minimum atomic E-state index is 0.848. The first-order chi connectivity index (χ1) is 8.86. The van der Waals surface area contributed by atoms with Crippen LogP contribution in [-0.4, -0.2) is 0 Å². The SMILES string of the molecule is CCC(=C(CC)C1CC=CCC1)C1CC=CCC1. The molecule has 2 atom stereocenters. The molecule has 0 aromatic carbocycles. The third-order valence-corrected chi connectivity index (χ3v) is 4.70. The molecule has 0 aromatic rings. The van der Waals surface area contributed by atoms with E-state index in [2.05, 4.69) is 38.2 Å². The fourth-order valence-corrected chi connectivity index (χ4v) is 3.78. The molecule has 2 unspecified atom stereocenters.